The van der Waals surface area contributed by atoms with Crippen LogP contribution >= 0.6 is 0 Å². The summed E-state index contributed by atoms with van der Waals surface area (Å²) in [6.45, 7) is 2.52. The molecule has 1 aliphatic rings. The fourth-order valence-electron chi connectivity index (χ4n) is 4.38. The molecular formula is C28H33N3O5. The first kappa shape index (κ1) is 25.6. The van der Waals surface area contributed by atoms with Crippen molar-refractivity contribution in [1.82, 2.24) is 10.3 Å². The Balaban J connectivity index is 1.30. The van der Waals surface area contributed by atoms with E-state index in [-0.39, 0.29) is 24.6 Å². The van der Waals surface area contributed by atoms with Gasteiger partial charge in [0.2, 0.25) is 5.91 Å². The predicted octanol–water partition coefficient (Wildman–Crippen LogP) is 3.77. The maximum atomic E-state index is 12.9. The average molecular weight is 492 g/mol. The van der Waals surface area contributed by atoms with Gasteiger partial charge in [-0.15, -0.1) is 0 Å². The lowest BCUT2D eigenvalue weighted by Crippen LogP contribution is -2.57. The fraction of sp³-hybridized carbons (Fsp3) is 0.357. The Kier molecular flexibility index (Phi) is 9.27. The van der Waals surface area contributed by atoms with Crippen LogP contribution in [-0.2, 0) is 20.9 Å². The van der Waals surface area contributed by atoms with Crippen LogP contribution in [0.15, 0.2) is 73.1 Å². The molecule has 8 heteroatoms. The summed E-state index contributed by atoms with van der Waals surface area (Å²) in [4.78, 5) is 18.9. The average Bonchev–Trinajstić information content (AvgIpc) is 2.92. The first-order chi connectivity index (χ1) is 17.7. The number of para-hydroxylation sites is 1. The molecule has 1 fully saturated rings. The van der Waals surface area contributed by atoms with Crippen LogP contribution in [0.25, 0.3) is 0 Å². The quantitative estimate of drug-likeness (QED) is 0.386. The Labute approximate surface area is 212 Å². The number of anilines is 1. The normalized spacial score (nSPS) is 16.6. The number of methoxy groups -OCH3 is 2. The fourth-order valence-corrected chi connectivity index (χ4v) is 4.38. The van der Waals surface area contributed by atoms with E-state index in [1.54, 1.807) is 26.6 Å². The first-order valence-electron chi connectivity index (χ1n) is 12.1. The van der Waals surface area contributed by atoms with E-state index < -0.39 is 0 Å². The summed E-state index contributed by atoms with van der Waals surface area (Å²) in [6.07, 6.45) is 3.96. The summed E-state index contributed by atoms with van der Waals surface area (Å²) in [5.74, 6) is 1.58. The van der Waals surface area contributed by atoms with Crippen molar-refractivity contribution in [1.29, 1.82) is 0 Å². The Morgan fingerprint density at radius 2 is 1.89 bits per heavy atom. The van der Waals surface area contributed by atoms with E-state index in [9.17, 15) is 4.79 Å². The number of nitrogens with zero attached hydrogens (tertiary/aromatic N) is 2. The smallest absolute Gasteiger partial charge is 0.241 e. The van der Waals surface area contributed by atoms with Gasteiger partial charge in [-0.2, -0.15) is 0 Å². The number of piperazine rings is 1. The van der Waals surface area contributed by atoms with E-state index in [1.807, 2.05) is 65.6 Å². The second-order valence-electron chi connectivity index (χ2n) is 8.46. The van der Waals surface area contributed by atoms with Crippen molar-refractivity contribution >= 4 is 11.6 Å². The van der Waals surface area contributed by atoms with Gasteiger partial charge in [-0.25, -0.2) is 0 Å². The summed E-state index contributed by atoms with van der Waals surface area (Å²) < 4.78 is 22.8. The van der Waals surface area contributed by atoms with E-state index in [0.29, 0.717) is 26.4 Å². The van der Waals surface area contributed by atoms with Crippen LogP contribution in [0.3, 0.4) is 0 Å². The molecule has 1 saturated heterocycles. The molecule has 1 unspecified atom stereocenters. The lowest BCUT2D eigenvalue weighted by molar-refractivity contribution is -0.120. The van der Waals surface area contributed by atoms with Crippen LogP contribution < -0.4 is 19.7 Å². The van der Waals surface area contributed by atoms with Gasteiger partial charge in [-0.3, -0.25) is 9.78 Å². The molecule has 1 aromatic heterocycles. The summed E-state index contributed by atoms with van der Waals surface area (Å²) >= 11 is 0. The molecule has 190 valence electrons. The first-order valence-corrected chi connectivity index (χ1v) is 12.1. The van der Waals surface area contributed by atoms with Gasteiger partial charge >= 0.3 is 0 Å². The van der Waals surface area contributed by atoms with Gasteiger partial charge in [0.15, 0.2) is 0 Å². The van der Waals surface area contributed by atoms with E-state index in [2.05, 4.69) is 10.3 Å². The molecule has 2 atom stereocenters. The third kappa shape index (κ3) is 6.40. The van der Waals surface area contributed by atoms with Gasteiger partial charge in [0.1, 0.15) is 17.6 Å². The number of aromatic nitrogens is 1. The van der Waals surface area contributed by atoms with Crippen molar-refractivity contribution in [3.05, 3.63) is 84.2 Å². The van der Waals surface area contributed by atoms with Crippen LogP contribution in [0.1, 0.15) is 23.7 Å². The lowest BCUT2D eigenvalue weighted by Gasteiger charge is -2.40. The van der Waals surface area contributed by atoms with Crippen LogP contribution in [0.5, 0.6) is 11.5 Å². The molecule has 0 bridgehead atoms. The SMILES string of the molecule is COc1ccccc1COCCCOc1ccc(N2C(=O)CNC[C@@H]2C(OC)c2cccnc2)cc1. The monoisotopic (exact) mass is 491 g/mol. The molecule has 36 heavy (non-hydrogen) atoms. The molecule has 3 aromatic rings. The third-order valence-electron chi connectivity index (χ3n) is 6.11. The number of nitrogens with one attached hydrogen (secondary N) is 1. The molecule has 0 saturated carbocycles. The summed E-state index contributed by atoms with van der Waals surface area (Å²) in [6, 6.07) is 19.1. The van der Waals surface area contributed by atoms with E-state index in [1.165, 1.54) is 0 Å². The molecular weight excluding hydrogens is 458 g/mol. The molecule has 2 aromatic carbocycles. The Bertz CT molecular complexity index is 1090. The molecule has 2 heterocycles. The predicted molar refractivity (Wildman–Crippen MR) is 137 cm³/mol. The van der Waals surface area contributed by atoms with Gasteiger partial charge in [0.05, 0.1) is 39.5 Å². The highest BCUT2D eigenvalue weighted by Crippen LogP contribution is 2.30. The van der Waals surface area contributed by atoms with Crippen molar-refractivity contribution in [2.75, 3.05) is 45.4 Å². The minimum absolute atomic E-state index is 0.00180. The van der Waals surface area contributed by atoms with Gasteiger partial charge in [0.25, 0.3) is 0 Å². The van der Waals surface area contributed by atoms with Gasteiger partial charge in [-0.1, -0.05) is 24.3 Å². The largest absolute Gasteiger partial charge is 0.496 e. The second kappa shape index (κ2) is 13.0. The number of rotatable bonds is 12. The van der Waals surface area contributed by atoms with Crippen molar-refractivity contribution in [3.8, 4) is 11.5 Å². The van der Waals surface area contributed by atoms with Crippen LogP contribution in [0.4, 0.5) is 5.69 Å². The topological polar surface area (TPSA) is 82.2 Å². The molecule has 1 aliphatic heterocycles. The highest BCUT2D eigenvalue weighted by molar-refractivity contribution is 5.96. The van der Waals surface area contributed by atoms with Crippen molar-refractivity contribution < 1.29 is 23.7 Å². The highest BCUT2D eigenvalue weighted by atomic mass is 16.5. The molecule has 0 radical (unpaired) electrons. The van der Waals surface area contributed by atoms with Crippen molar-refractivity contribution in [2.45, 2.75) is 25.2 Å². The molecule has 1 N–H and O–H groups in total. The van der Waals surface area contributed by atoms with Crippen LogP contribution in [0.2, 0.25) is 0 Å². The Morgan fingerprint density at radius 3 is 2.64 bits per heavy atom. The molecule has 1 amide bonds. The molecule has 4 rings (SSSR count). The zero-order valence-electron chi connectivity index (χ0n) is 20.8. The number of pyridine rings is 1. The standard InChI is InChI=1S/C28H33N3O5/c1-33-26-9-4-3-7-22(26)20-35-15-6-16-36-24-12-10-23(11-13-24)31-25(18-30-19-27(31)32)28(34-2)21-8-5-14-29-17-21/h3-5,7-14,17,25,28,30H,6,15-16,18-20H2,1-2H3/t25-,28?/m1/s1. The second-order valence-corrected chi connectivity index (χ2v) is 8.46. The maximum Gasteiger partial charge on any atom is 0.241 e. The lowest BCUT2D eigenvalue weighted by atomic mass is 9.99. The van der Waals surface area contributed by atoms with E-state index in [4.69, 9.17) is 18.9 Å². The number of benzene rings is 2. The maximum absolute atomic E-state index is 12.9. The van der Waals surface area contributed by atoms with Crippen molar-refractivity contribution in [2.24, 2.45) is 0 Å². The number of hydrogen-bond acceptors (Lipinski definition) is 7. The number of carbonyl (C=O) groups excluding carboxylic acids is 1. The van der Waals surface area contributed by atoms with Gasteiger partial charge in [-0.05, 0) is 36.4 Å². The zero-order valence-corrected chi connectivity index (χ0v) is 20.8. The zero-order chi connectivity index (χ0) is 25.2. The van der Waals surface area contributed by atoms with Crippen molar-refractivity contribution in [3.63, 3.8) is 0 Å². The highest BCUT2D eigenvalue weighted by Gasteiger charge is 2.36. The Hall–Kier alpha value is -3.46. The van der Waals surface area contributed by atoms with Gasteiger partial charge < -0.3 is 29.2 Å². The minimum Gasteiger partial charge on any atom is -0.496 e. The van der Waals surface area contributed by atoms with Gasteiger partial charge in [0, 0.05) is 49.3 Å². The molecule has 8 nitrogen and oxygen atoms in total. The van der Waals surface area contributed by atoms with Crippen LogP contribution in [0, 0.1) is 0 Å². The summed E-state index contributed by atoms with van der Waals surface area (Å²) in [5.41, 5.74) is 2.76. The number of hydrogen-bond donors (Lipinski definition) is 1. The third-order valence-corrected chi connectivity index (χ3v) is 6.11. The summed E-state index contributed by atoms with van der Waals surface area (Å²) in [5, 5.41) is 3.21. The van der Waals surface area contributed by atoms with E-state index in [0.717, 1.165) is 34.7 Å². The molecule has 0 spiro atoms. The summed E-state index contributed by atoms with van der Waals surface area (Å²) in [7, 11) is 3.32. The van der Waals surface area contributed by atoms with Crippen LogP contribution in [-0.4, -0.2) is 57.5 Å². The molecule has 0 aliphatic carbocycles. The number of carbonyl (C=O) groups is 1. The Morgan fingerprint density at radius 1 is 1.06 bits per heavy atom. The minimum atomic E-state index is -0.303. The number of amides is 1. The van der Waals surface area contributed by atoms with E-state index >= 15 is 0 Å². The number of ether oxygens (including phenoxy) is 4.